The Morgan fingerprint density at radius 1 is 1.07 bits per heavy atom. The molecular weight excluding hydrogens is 359 g/mol. The molecule has 1 amide bonds. The smallest absolute Gasteiger partial charge is 0.251 e. The molecule has 0 heterocycles. The maximum Gasteiger partial charge on any atom is 0.251 e. The van der Waals surface area contributed by atoms with Crippen molar-refractivity contribution >= 4 is 11.9 Å². The number of guanidine groups is 1. The van der Waals surface area contributed by atoms with E-state index in [0.29, 0.717) is 43.3 Å². The monoisotopic (exact) mass is 386 g/mol. The molecule has 0 aliphatic heterocycles. The number of carbonyl (C=O) groups is 1. The van der Waals surface area contributed by atoms with Crippen LogP contribution in [-0.2, 0) is 6.42 Å². The van der Waals surface area contributed by atoms with Gasteiger partial charge in [-0.25, -0.2) is 4.39 Å². The summed E-state index contributed by atoms with van der Waals surface area (Å²) in [5.74, 6) is 0.997. The highest BCUT2D eigenvalue weighted by Crippen LogP contribution is 2.10. The number of aliphatic imine (C=N–C) groups is 1. The van der Waals surface area contributed by atoms with Crippen LogP contribution in [0, 0.1) is 5.82 Å². The van der Waals surface area contributed by atoms with E-state index in [4.69, 9.17) is 4.74 Å². The van der Waals surface area contributed by atoms with Crippen LogP contribution in [0.4, 0.5) is 4.39 Å². The van der Waals surface area contributed by atoms with Gasteiger partial charge in [-0.1, -0.05) is 12.1 Å². The van der Waals surface area contributed by atoms with Gasteiger partial charge in [-0.3, -0.25) is 9.79 Å². The van der Waals surface area contributed by atoms with Gasteiger partial charge in [-0.2, -0.15) is 0 Å². The molecule has 0 aromatic heterocycles. The Kier molecular flexibility index (Phi) is 8.78. The molecule has 0 aliphatic rings. The van der Waals surface area contributed by atoms with Crippen LogP contribution in [0.25, 0.3) is 0 Å². The van der Waals surface area contributed by atoms with Gasteiger partial charge in [0.05, 0.1) is 7.11 Å². The average Bonchev–Trinajstić information content (AvgIpc) is 2.71. The van der Waals surface area contributed by atoms with E-state index in [-0.39, 0.29) is 11.7 Å². The number of nitrogens with zero attached hydrogens (tertiary/aromatic N) is 1. The minimum Gasteiger partial charge on any atom is -0.497 e. The third-order valence-corrected chi connectivity index (χ3v) is 3.96. The van der Waals surface area contributed by atoms with Crippen LogP contribution >= 0.6 is 0 Å². The van der Waals surface area contributed by atoms with Gasteiger partial charge in [-0.05, 0) is 55.3 Å². The Hall–Kier alpha value is -3.09. The third kappa shape index (κ3) is 7.26. The molecular formula is C21H27FN4O2. The Balaban J connectivity index is 1.74. The van der Waals surface area contributed by atoms with Crippen molar-refractivity contribution in [3.63, 3.8) is 0 Å². The van der Waals surface area contributed by atoms with E-state index in [1.807, 2.05) is 13.0 Å². The number of hydrogen-bond donors (Lipinski definition) is 3. The summed E-state index contributed by atoms with van der Waals surface area (Å²) < 4.78 is 18.3. The van der Waals surface area contributed by atoms with Gasteiger partial charge in [0.2, 0.25) is 0 Å². The highest BCUT2D eigenvalue weighted by atomic mass is 19.1. The van der Waals surface area contributed by atoms with Crippen molar-refractivity contribution in [3.05, 3.63) is 65.5 Å². The van der Waals surface area contributed by atoms with Gasteiger partial charge in [0, 0.05) is 31.7 Å². The van der Waals surface area contributed by atoms with Gasteiger partial charge in [0.1, 0.15) is 11.6 Å². The summed E-state index contributed by atoms with van der Waals surface area (Å²) in [4.78, 5) is 16.6. The number of amides is 1. The van der Waals surface area contributed by atoms with Crippen LogP contribution in [0.5, 0.6) is 5.75 Å². The summed E-state index contributed by atoms with van der Waals surface area (Å²) in [7, 11) is 1.59. The van der Waals surface area contributed by atoms with Crippen LogP contribution in [0.2, 0.25) is 0 Å². The van der Waals surface area contributed by atoms with Crippen LogP contribution in [-0.4, -0.2) is 45.2 Å². The molecule has 0 spiro atoms. The number of carbonyl (C=O) groups excluding carboxylic acids is 1. The number of rotatable bonds is 9. The van der Waals surface area contributed by atoms with E-state index in [1.54, 1.807) is 37.4 Å². The highest BCUT2D eigenvalue weighted by Gasteiger charge is 2.05. The van der Waals surface area contributed by atoms with Gasteiger partial charge >= 0.3 is 0 Å². The third-order valence-electron chi connectivity index (χ3n) is 3.96. The fraction of sp³-hybridized carbons (Fsp3) is 0.333. The van der Waals surface area contributed by atoms with Crippen molar-refractivity contribution < 1.29 is 13.9 Å². The minimum absolute atomic E-state index is 0.141. The molecule has 0 unspecified atom stereocenters. The molecule has 0 fully saturated rings. The van der Waals surface area contributed by atoms with Gasteiger partial charge in [0.15, 0.2) is 5.96 Å². The molecule has 2 aromatic rings. The van der Waals surface area contributed by atoms with Crippen LogP contribution < -0.4 is 20.7 Å². The molecule has 0 radical (unpaired) electrons. The topological polar surface area (TPSA) is 74.8 Å². The normalized spacial score (nSPS) is 11.0. The number of benzene rings is 2. The van der Waals surface area contributed by atoms with E-state index in [1.165, 1.54) is 12.1 Å². The summed E-state index contributed by atoms with van der Waals surface area (Å²) in [6, 6.07) is 13.5. The molecule has 2 aromatic carbocycles. The maximum absolute atomic E-state index is 13.2. The zero-order valence-corrected chi connectivity index (χ0v) is 16.3. The first kappa shape index (κ1) is 21.2. The van der Waals surface area contributed by atoms with E-state index >= 15 is 0 Å². The van der Waals surface area contributed by atoms with Crippen molar-refractivity contribution in [1.29, 1.82) is 0 Å². The summed E-state index contributed by atoms with van der Waals surface area (Å²) in [5.41, 5.74) is 1.49. The fourth-order valence-electron chi connectivity index (χ4n) is 2.53. The summed E-state index contributed by atoms with van der Waals surface area (Å²) in [5, 5.41) is 9.18. The molecule has 2 rings (SSSR count). The van der Waals surface area contributed by atoms with Crippen molar-refractivity contribution in [2.45, 2.75) is 13.3 Å². The lowest BCUT2D eigenvalue weighted by Gasteiger charge is -2.12. The number of methoxy groups -OCH3 is 1. The summed E-state index contributed by atoms with van der Waals surface area (Å²) in [6.07, 6.45) is 0.655. The molecule has 0 saturated carbocycles. The fourth-order valence-corrected chi connectivity index (χ4v) is 2.53. The molecule has 6 nitrogen and oxygen atoms in total. The SMILES string of the molecule is CCNC(=NCCc1cccc(F)c1)NCCNC(=O)c1ccc(OC)cc1. The number of hydrogen-bond acceptors (Lipinski definition) is 3. The Morgan fingerprint density at radius 2 is 1.82 bits per heavy atom. The lowest BCUT2D eigenvalue weighted by molar-refractivity contribution is 0.0954. The minimum atomic E-state index is -0.237. The molecule has 0 aliphatic carbocycles. The van der Waals surface area contributed by atoms with Gasteiger partial charge in [-0.15, -0.1) is 0 Å². The predicted octanol–water partition coefficient (Wildman–Crippen LogP) is 2.36. The Labute approximate surface area is 165 Å². The molecule has 0 saturated heterocycles. The van der Waals surface area contributed by atoms with E-state index in [9.17, 15) is 9.18 Å². The van der Waals surface area contributed by atoms with Gasteiger partial charge < -0.3 is 20.7 Å². The van der Waals surface area contributed by atoms with E-state index in [0.717, 1.165) is 12.1 Å². The molecule has 28 heavy (non-hydrogen) atoms. The predicted molar refractivity (Wildman–Crippen MR) is 109 cm³/mol. The van der Waals surface area contributed by atoms with Crippen molar-refractivity contribution in [2.24, 2.45) is 4.99 Å². The molecule has 0 bridgehead atoms. The summed E-state index contributed by atoms with van der Waals surface area (Å²) in [6.45, 7) is 4.24. The quantitative estimate of drug-likeness (QED) is 0.351. The number of halogens is 1. The average molecular weight is 386 g/mol. The van der Waals surface area contributed by atoms with Crippen LogP contribution in [0.15, 0.2) is 53.5 Å². The van der Waals surface area contributed by atoms with E-state index in [2.05, 4.69) is 20.9 Å². The second-order valence-corrected chi connectivity index (χ2v) is 6.05. The second-order valence-electron chi connectivity index (χ2n) is 6.05. The van der Waals surface area contributed by atoms with Gasteiger partial charge in [0.25, 0.3) is 5.91 Å². The first-order valence-corrected chi connectivity index (χ1v) is 9.31. The second kappa shape index (κ2) is 11.6. The zero-order chi connectivity index (χ0) is 20.2. The summed E-state index contributed by atoms with van der Waals surface area (Å²) >= 11 is 0. The van der Waals surface area contributed by atoms with Crippen LogP contribution in [0.1, 0.15) is 22.8 Å². The first-order chi connectivity index (χ1) is 13.6. The molecule has 150 valence electrons. The molecule has 0 atom stereocenters. The number of nitrogens with one attached hydrogen (secondary N) is 3. The largest absolute Gasteiger partial charge is 0.497 e. The zero-order valence-electron chi connectivity index (χ0n) is 16.3. The van der Waals surface area contributed by atoms with E-state index < -0.39 is 0 Å². The van der Waals surface area contributed by atoms with Crippen molar-refractivity contribution in [1.82, 2.24) is 16.0 Å². The van der Waals surface area contributed by atoms with Crippen LogP contribution in [0.3, 0.4) is 0 Å². The van der Waals surface area contributed by atoms with Crippen molar-refractivity contribution in [2.75, 3.05) is 33.3 Å². The Bertz CT molecular complexity index is 778. The van der Waals surface area contributed by atoms with Crippen molar-refractivity contribution in [3.8, 4) is 5.75 Å². The first-order valence-electron chi connectivity index (χ1n) is 9.31. The molecule has 3 N–H and O–H groups in total. The molecule has 7 heteroatoms. The number of ether oxygens (including phenoxy) is 1. The highest BCUT2D eigenvalue weighted by molar-refractivity contribution is 5.94. The standard InChI is InChI=1S/C21H27FN4O2/c1-3-23-21(25-12-11-16-5-4-6-18(22)15-16)26-14-13-24-20(27)17-7-9-19(28-2)10-8-17/h4-10,15H,3,11-14H2,1-2H3,(H,24,27)(H2,23,25,26). The lowest BCUT2D eigenvalue weighted by Crippen LogP contribution is -2.41. The maximum atomic E-state index is 13.2. The lowest BCUT2D eigenvalue weighted by atomic mass is 10.1. The Morgan fingerprint density at radius 3 is 2.50 bits per heavy atom.